The lowest BCUT2D eigenvalue weighted by Crippen LogP contribution is -2.30. The van der Waals surface area contributed by atoms with Gasteiger partial charge < -0.3 is 0 Å². The monoisotopic (exact) mass is 423 g/mol. The highest BCUT2D eigenvalue weighted by atomic mass is 19.1. The predicted octanol–water partition coefficient (Wildman–Crippen LogP) is 8.65. The first-order valence-electron chi connectivity index (χ1n) is 12.4. The Morgan fingerprint density at radius 1 is 0.871 bits per heavy atom. The summed E-state index contributed by atoms with van der Waals surface area (Å²) in [6.45, 7) is 2.27. The second-order valence-corrected chi connectivity index (χ2v) is 10.1. The molecule has 2 aromatic carbocycles. The fraction of sp³-hybridized carbons (Fsp3) is 0.607. The van der Waals surface area contributed by atoms with Crippen molar-refractivity contribution in [2.24, 2.45) is 17.8 Å². The third-order valence-corrected chi connectivity index (χ3v) is 8.04. The van der Waals surface area contributed by atoms with E-state index in [2.05, 4.69) is 6.92 Å². The Morgan fingerprint density at radius 3 is 2.45 bits per heavy atom. The van der Waals surface area contributed by atoms with Crippen LogP contribution in [0.15, 0.2) is 24.3 Å². The molecule has 0 amide bonds. The van der Waals surface area contributed by atoms with Gasteiger partial charge in [-0.3, -0.25) is 0 Å². The maximum absolute atomic E-state index is 14.8. The van der Waals surface area contributed by atoms with Crippen molar-refractivity contribution >= 4 is 10.8 Å². The number of fused-ring (bicyclic) bond motifs is 2. The van der Waals surface area contributed by atoms with E-state index >= 15 is 0 Å². The van der Waals surface area contributed by atoms with Crippen LogP contribution < -0.4 is 0 Å². The van der Waals surface area contributed by atoms with E-state index < -0.39 is 5.82 Å². The van der Waals surface area contributed by atoms with Crippen molar-refractivity contribution in [1.82, 2.24) is 0 Å². The molecule has 0 saturated heterocycles. The van der Waals surface area contributed by atoms with Gasteiger partial charge in [-0.05, 0) is 84.9 Å². The van der Waals surface area contributed by atoms with Crippen LogP contribution in [0.2, 0.25) is 0 Å². The molecule has 0 bridgehead atoms. The molecule has 0 radical (unpaired) electrons. The van der Waals surface area contributed by atoms with E-state index in [1.54, 1.807) is 6.07 Å². The number of nitrogens with zero attached hydrogens (tertiary/aromatic N) is 1. The second-order valence-electron chi connectivity index (χ2n) is 10.1. The average Bonchev–Trinajstić information content (AvgIpc) is 2.78. The maximum Gasteiger partial charge on any atom is 0.141 e. The van der Waals surface area contributed by atoms with Crippen LogP contribution in [0.5, 0.6) is 0 Å². The summed E-state index contributed by atoms with van der Waals surface area (Å²) in [5, 5.41) is 9.94. The SMILES string of the molecule is CCCCCCCC1CCC2CC(c3cc(F)c4cc(C#N)c(F)cc4c3)CCC2C1. The summed E-state index contributed by atoms with van der Waals surface area (Å²) in [5.41, 5.74) is 0.910. The Morgan fingerprint density at radius 2 is 1.65 bits per heavy atom. The smallest absolute Gasteiger partial charge is 0.141 e. The molecular formula is C28H35F2N. The molecule has 3 heteroatoms. The molecule has 2 saturated carbocycles. The zero-order chi connectivity index (χ0) is 21.8. The van der Waals surface area contributed by atoms with E-state index in [0.717, 1.165) is 36.2 Å². The van der Waals surface area contributed by atoms with Crippen LogP contribution >= 0.6 is 0 Å². The Hall–Kier alpha value is -1.95. The van der Waals surface area contributed by atoms with E-state index in [1.807, 2.05) is 12.1 Å². The van der Waals surface area contributed by atoms with Gasteiger partial charge in [0.2, 0.25) is 0 Å². The third-order valence-electron chi connectivity index (χ3n) is 8.04. The number of benzene rings is 2. The molecule has 0 heterocycles. The normalized spacial score (nSPS) is 25.9. The molecule has 2 aromatic rings. The standard InChI is InChI=1S/C28H35F2N/c1-2-3-4-5-6-7-19-8-9-21-13-22(11-10-20(21)12-19)23-14-24-17-27(29)25(18-31)15-26(24)28(30)16-23/h14-17,19-22H,2-13H2,1H3. The minimum absolute atomic E-state index is 0.0956. The van der Waals surface area contributed by atoms with Crippen LogP contribution in [0.25, 0.3) is 10.8 Å². The number of unbranched alkanes of at least 4 members (excludes halogenated alkanes) is 4. The Bertz CT molecular complexity index is 944. The van der Waals surface area contributed by atoms with Gasteiger partial charge in [-0.25, -0.2) is 8.78 Å². The summed E-state index contributed by atoms with van der Waals surface area (Å²) in [6.07, 6.45) is 15.8. The van der Waals surface area contributed by atoms with Gasteiger partial charge in [-0.1, -0.05) is 57.9 Å². The Kier molecular flexibility index (Phi) is 7.26. The fourth-order valence-electron chi connectivity index (χ4n) is 6.27. The van der Waals surface area contributed by atoms with Crippen molar-refractivity contribution in [3.05, 3.63) is 47.0 Å². The molecular weight excluding hydrogens is 388 g/mol. The largest absolute Gasteiger partial charge is 0.206 e. The van der Waals surface area contributed by atoms with Crippen LogP contribution in [0.3, 0.4) is 0 Å². The number of halogens is 2. The number of rotatable bonds is 7. The van der Waals surface area contributed by atoms with E-state index in [1.165, 1.54) is 76.3 Å². The average molecular weight is 424 g/mol. The van der Waals surface area contributed by atoms with Crippen molar-refractivity contribution in [2.45, 2.75) is 89.9 Å². The molecule has 4 unspecified atom stereocenters. The molecule has 31 heavy (non-hydrogen) atoms. The van der Waals surface area contributed by atoms with Crippen LogP contribution in [0, 0.1) is 40.7 Å². The molecule has 2 aliphatic rings. The number of nitriles is 1. The van der Waals surface area contributed by atoms with E-state index in [-0.39, 0.29) is 11.4 Å². The molecule has 1 nitrogen and oxygen atoms in total. The van der Waals surface area contributed by atoms with Gasteiger partial charge in [0.05, 0.1) is 5.56 Å². The lowest BCUT2D eigenvalue weighted by atomic mass is 9.63. The topological polar surface area (TPSA) is 23.8 Å². The van der Waals surface area contributed by atoms with Crippen molar-refractivity contribution in [2.75, 3.05) is 0 Å². The van der Waals surface area contributed by atoms with E-state index in [9.17, 15) is 8.78 Å². The zero-order valence-electron chi connectivity index (χ0n) is 18.8. The molecule has 0 aromatic heterocycles. The van der Waals surface area contributed by atoms with Crippen molar-refractivity contribution < 1.29 is 8.78 Å². The van der Waals surface area contributed by atoms with E-state index in [4.69, 9.17) is 5.26 Å². The quantitative estimate of drug-likeness (QED) is 0.409. The minimum Gasteiger partial charge on any atom is -0.206 e. The first-order valence-corrected chi connectivity index (χ1v) is 12.4. The first-order chi connectivity index (χ1) is 15.1. The minimum atomic E-state index is -0.566. The Labute approximate surface area is 185 Å². The Balaban J connectivity index is 1.38. The van der Waals surface area contributed by atoms with Crippen LogP contribution in [0.1, 0.15) is 101 Å². The summed E-state index contributed by atoms with van der Waals surface area (Å²) >= 11 is 0. The lowest BCUT2D eigenvalue weighted by molar-refractivity contribution is 0.113. The number of hydrogen-bond donors (Lipinski definition) is 0. The summed E-state index contributed by atoms with van der Waals surface area (Å²) in [7, 11) is 0. The molecule has 4 atom stereocenters. The van der Waals surface area contributed by atoms with Gasteiger partial charge in [0.25, 0.3) is 0 Å². The lowest BCUT2D eigenvalue weighted by Gasteiger charge is -2.42. The zero-order valence-corrected chi connectivity index (χ0v) is 18.8. The van der Waals surface area contributed by atoms with Gasteiger partial charge in [-0.2, -0.15) is 5.26 Å². The van der Waals surface area contributed by atoms with Crippen LogP contribution in [-0.4, -0.2) is 0 Å². The van der Waals surface area contributed by atoms with Gasteiger partial charge in [0, 0.05) is 5.39 Å². The van der Waals surface area contributed by atoms with Gasteiger partial charge in [0.15, 0.2) is 0 Å². The van der Waals surface area contributed by atoms with Crippen molar-refractivity contribution in [1.29, 1.82) is 5.26 Å². The molecule has 0 spiro atoms. The third kappa shape index (κ3) is 5.11. The van der Waals surface area contributed by atoms with Crippen molar-refractivity contribution in [3.63, 3.8) is 0 Å². The second kappa shape index (κ2) is 10.1. The maximum atomic E-state index is 14.8. The molecule has 166 valence electrons. The van der Waals surface area contributed by atoms with Gasteiger partial charge in [0.1, 0.15) is 17.7 Å². The van der Waals surface area contributed by atoms with Gasteiger partial charge in [-0.15, -0.1) is 0 Å². The van der Waals surface area contributed by atoms with Crippen molar-refractivity contribution in [3.8, 4) is 6.07 Å². The fourth-order valence-corrected chi connectivity index (χ4v) is 6.27. The summed E-state index contributed by atoms with van der Waals surface area (Å²) in [4.78, 5) is 0. The summed E-state index contributed by atoms with van der Waals surface area (Å²) in [6, 6.07) is 8.05. The molecule has 2 fully saturated rings. The highest BCUT2D eigenvalue weighted by molar-refractivity contribution is 5.85. The summed E-state index contributed by atoms with van der Waals surface area (Å²) in [5.74, 6) is 1.97. The van der Waals surface area contributed by atoms with Crippen LogP contribution in [-0.2, 0) is 0 Å². The van der Waals surface area contributed by atoms with Crippen LogP contribution in [0.4, 0.5) is 8.78 Å². The molecule has 0 aliphatic heterocycles. The summed E-state index contributed by atoms with van der Waals surface area (Å²) < 4.78 is 28.9. The van der Waals surface area contributed by atoms with E-state index in [0.29, 0.717) is 16.7 Å². The number of hydrogen-bond acceptors (Lipinski definition) is 1. The first kappa shape index (κ1) is 22.3. The van der Waals surface area contributed by atoms with Gasteiger partial charge >= 0.3 is 0 Å². The predicted molar refractivity (Wildman–Crippen MR) is 123 cm³/mol. The molecule has 0 N–H and O–H groups in total. The molecule has 4 rings (SSSR count). The highest BCUT2D eigenvalue weighted by Crippen LogP contribution is 2.48. The molecule has 2 aliphatic carbocycles. The highest BCUT2D eigenvalue weighted by Gasteiger charge is 2.36.